The van der Waals surface area contributed by atoms with Gasteiger partial charge in [0.05, 0.1) is 36.5 Å². The van der Waals surface area contributed by atoms with Crippen molar-refractivity contribution >= 4 is 17.9 Å². The molecule has 6 heteroatoms. The van der Waals surface area contributed by atoms with Crippen LogP contribution in [0.3, 0.4) is 0 Å². The van der Waals surface area contributed by atoms with Crippen LogP contribution in [0.25, 0.3) is 0 Å². The standard InChI is InChI=1S/3C19H30O2/c3*1-14(2)10-8-6-7-9-11-21-19(20)18-16(4)12-15(3)13-17(18)5/h3*12-14H,6-11H2,1-5H3. The molecule has 0 radical (unpaired) electrons. The summed E-state index contributed by atoms with van der Waals surface area (Å²) < 4.78 is 16.3. The summed E-state index contributed by atoms with van der Waals surface area (Å²) in [6, 6.07) is 12.2. The third-order valence-electron chi connectivity index (χ3n) is 11.4. The van der Waals surface area contributed by atoms with E-state index in [2.05, 4.69) is 41.5 Å². The first kappa shape index (κ1) is 57.1. The van der Waals surface area contributed by atoms with Crippen LogP contribution in [0.4, 0.5) is 0 Å². The van der Waals surface area contributed by atoms with E-state index in [0.717, 1.165) is 106 Å². The van der Waals surface area contributed by atoms with Gasteiger partial charge in [-0.05, 0) is 133 Å². The molecule has 0 N–H and O–H groups in total. The largest absolute Gasteiger partial charge is 0.462 e. The van der Waals surface area contributed by atoms with Gasteiger partial charge in [0.15, 0.2) is 0 Å². The van der Waals surface area contributed by atoms with Gasteiger partial charge in [0, 0.05) is 0 Å². The highest BCUT2D eigenvalue weighted by Gasteiger charge is 2.16. The summed E-state index contributed by atoms with van der Waals surface area (Å²) in [5.74, 6) is 1.84. The van der Waals surface area contributed by atoms with E-state index in [1.807, 2.05) is 98.7 Å². The number of hydrogen-bond donors (Lipinski definition) is 0. The summed E-state index contributed by atoms with van der Waals surface area (Å²) in [7, 11) is 0. The van der Waals surface area contributed by atoms with Gasteiger partial charge in [0.25, 0.3) is 0 Å². The Kier molecular flexibility index (Phi) is 28.9. The second kappa shape index (κ2) is 31.8. The van der Waals surface area contributed by atoms with Gasteiger partial charge >= 0.3 is 17.9 Å². The van der Waals surface area contributed by atoms with Gasteiger partial charge < -0.3 is 14.2 Å². The normalized spacial score (nSPS) is 11.0. The zero-order chi connectivity index (χ0) is 47.5. The zero-order valence-electron chi connectivity index (χ0n) is 42.9. The van der Waals surface area contributed by atoms with Crippen LogP contribution in [0.5, 0.6) is 0 Å². The summed E-state index contributed by atoms with van der Waals surface area (Å²) >= 11 is 0. The Morgan fingerprint density at radius 3 is 0.714 bits per heavy atom. The molecule has 0 aromatic heterocycles. The molecule has 0 aliphatic heterocycles. The summed E-state index contributed by atoms with van der Waals surface area (Å²) in [5.41, 5.74) is 11.8. The van der Waals surface area contributed by atoms with Crippen LogP contribution in [0.15, 0.2) is 36.4 Å². The minimum Gasteiger partial charge on any atom is -0.462 e. The van der Waals surface area contributed by atoms with Crippen LogP contribution in [-0.4, -0.2) is 37.7 Å². The van der Waals surface area contributed by atoms with Crippen molar-refractivity contribution in [2.45, 2.75) is 200 Å². The number of hydrogen-bond acceptors (Lipinski definition) is 6. The Hall–Kier alpha value is -3.93. The summed E-state index contributed by atoms with van der Waals surface area (Å²) in [6.45, 7) is 33.1. The smallest absolute Gasteiger partial charge is 0.338 e. The fourth-order valence-electron chi connectivity index (χ4n) is 8.24. The van der Waals surface area contributed by atoms with Gasteiger partial charge in [-0.3, -0.25) is 0 Å². The van der Waals surface area contributed by atoms with E-state index in [1.54, 1.807) is 0 Å². The van der Waals surface area contributed by atoms with Gasteiger partial charge in [0.1, 0.15) is 0 Å². The van der Waals surface area contributed by atoms with E-state index in [1.165, 1.54) is 74.5 Å². The third-order valence-corrected chi connectivity index (χ3v) is 11.4. The molecule has 0 aliphatic rings. The third kappa shape index (κ3) is 24.6. The minimum absolute atomic E-state index is 0.174. The number of ether oxygens (including phenoxy) is 3. The summed E-state index contributed by atoms with van der Waals surface area (Å²) in [6.07, 6.45) is 17.8. The Morgan fingerprint density at radius 1 is 0.333 bits per heavy atom. The van der Waals surface area contributed by atoms with Crippen molar-refractivity contribution in [1.29, 1.82) is 0 Å². The van der Waals surface area contributed by atoms with Crippen molar-refractivity contribution in [3.63, 3.8) is 0 Å². The molecular formula is C57H90O6. The molecule has 63 heavy (non-hydrogen) atoms. The number of esters is 3. The van der Waals surface area contributed by atoms with Crippen LogP contribution in [0.2, 0.25) is 0 Å². The van der Waals surface area contributed by atoms with Gasteiger partial charge in [-0.25, -0.2) is 14.4 Å². The van der Waals surface area contributed by atoms with E-state index in [4.69, 9.17) is 14.2 Å². The van der Waals surface area contributed by atoms with Crippen molar-refractivity contribution < 1.29 is 28.6 Å². The molecule has 6 nitrogen and oxygen atoms in total. The number of carbonyl (C=O) groups is 3. The summed E-state index contributed by atoms with van der Waals surface area (Å²) in [5, 5.41) is 0. The van der Waals surface area contributed by atoms with Crippen molar-refractivity contribution in [2.75, 3.05) is 19.8 Å². The fraction of sp³-hybridized carbons (Fsp3) is 0.632. The Bertz CT molecular complexity index is 1520. The van der Waals surface area contributed by atoms with Gasteiger partial charge in [-0.15, -0.1) is 0 Å². The van der Waals surface area contributed by atoms with Gasteiger partial charge in [-0.2, -0.15) is 0 Å². The monoisotopic (exact) mass is 871 g/mol. The molecule has 0 bridgehead atoms. The maximum absolute atomic E-state index is 12.2. The summed E-state index contributed by atoms with van der Waals surface area (Å²) in [4.78, 5) is 36.5. The molecule has 3 aromatic carbocycles. The van der Waals surface area contributed by atoms with Gasteiger partial charge in [-0.1, -0.05) is 172 Å². The Morgan fingerprint density at radius 2 is 0.524 bits per heavy atom. The van der Waals surface area contributed by atoms with E-state index >= 15 is 0 Å². The van der Waals surface area contributed by atoms with Crippen molar-refractivity contribution in [3.8, 4) is 0 Å². The maximum Gasteiger partial charge on any atom is 0.338 e. The lowest BCUT2D eigenvalue weighted by molar-refractivity contribution is 0.0486. The average Bonchev–Trinajstić information content (AvgIpc) is 3.15. The van der Waals surface area contributed by atoms with Crippen LogP contribution in [-0.2, 0) is 14.2 Å². The van der Waals surface area contributed by atoms with Crippen LogP contribution in [0, 0.1) is 80.1 Å². The molecule has 3 aromatic rings. The SMILES string of the molecule is Cc1cc(C)c(C(=O)OCCCCCCC(C)C)c(C)c1.Cc1cc(C)c(C(=O)OCCCCCCC(C)C)c(C)c1.Cc1cc(C)c(C(=O)OCCCCCCC(C)C)c(C)c1. The van der Waals surface area contributed by atoms with Crippen molar-refractivity contribution in [2.24, 2.45) is 17.8 Å². The lowest BCUT2D eigenvalue weighted by Gasteiger charge is -2.11. The number of aryl methyl sites for hydroxylation is 9. The molecular weight excluding hydrogens is 781 g/mol. The fourth-order valence-corrected chi connectivity index (χ4v) is 8.24. The highest BCUT2D eigenvalue weighted by atomic mass is 16.5. The molecule has 0 amide bonds. The molecule has 0 saturated carbocycles. The second-order valence-corrected chi connectivity index (χ2v) is 19.5. The number of benzene rings is 3. The van der Waals surface area contributed by atoms with Crippen LogP contribution >= 0.6 is 0 Å². The molecule has 0 spiro atoms. The second-order valence-electron chi connectivity index (χ2n) is 19.5. The molecule has 0 atom stereocenters. The Labute approximate surface area is 386 Å². The molecule has 3 rings (SSSR count). The first-order valence-electron chi connectivity index (χ1n) is 24.5. The predicted octanol–water partition coefficient (Wildman–Crippen LogP) is 16.1. The van der Waals surface area contributed by atoms with Gasteiger partial charge in [0.2, 0.25) is 0 Å². The zero-order valence-corrected chi connectivity index (χ0v) is 42.9. The lowest BCUT2D eigenvalue weighted by atomic mass is 10.00. The predicted molar refractivity (Wildman–Crippen MR) is 267 cm³/mol. The topological polar surface area (TPSA) is 78.9 Å². The van der Waals surface area contributed by atoms with Crippen LogP contribution < -0.4 is 0 Å². The lowest BCUT2D eigenvalue weighted by Crippen LogP contribution is -2.10. The van der Waals surface area contributed by atoms with Crippen molar-refractivity contribution in [3.05, 3.63) is 103 Å². The quantitative estimate of drug-likeness (QED) is 0.0507. The molecule has 0 aliphatic carbocycles. The number of rotatable bonds is 24. The van der Waals surface area contributed by atoms with E-state index in [9.17, 15) is 14.4 Å². The average molecular weight is 871 g/mol. The van der Waals surface area contributed by atoms with E-state index in [0.29, 0.717) is 19.8 Å². The highest BCUT2D eigenvalue weighted by molar-refractivity contribution is 5.94. The first-order valence-corrected chi connectivity index (χ1v) is 24.5. The molecule has 0 saturated heterocycles. The molecule has 0 unspecified atom stereocenters. The van der Waals surface area contributed by atoms with E-state index in [-0.39, 0.29) is 17.9 Å². The highest BCUT2D eigenvalue weighted by Crippen LogP contribution is 2.21. The molecule has 354 valence electrons. The number of unbranched alkanes of at least 4 members (excludes halogenated alkanes) is 9. The Balaban J connectivity index is 0.000000472. The molecule has 0 fully saturated rings. The van der Waals surface area contributed by atoms with E-state index < -0.39 is 0 Å². The maximum atomic E-state index is 12.2. The first-order chi connectivity index (χ1) is 29.7. The number of carbonyl (C=O) groups excluding carboxylic acids is 3. The van der Waals surface area contributed by atoms with Crippen LogP contribution in [0.1, 0.15) is 219 Å². The minimum atomic E-state index is -0.174. The van der Waals surface area contributed by atoms with Crippen molar-refractivity contribution in [1.82, 2.24) is 0 Å². The molecule has 0 heterocycles.